The van der Waals surface area contributed by atoms with Gasteiger partial charge in [-0.3, -0.25) is 9.59 Å². The third-order valence-corrected chi connectivity index (χ3v) is 3.38. The van der Waals surface area contributed by atoms with Crippen molar-refractivity contribution in [3.05, 3.63) is 34.9 Å². The molecule has 102 valence electrons. The van der Waals surface area contributed by atoms with E-state index in [2.05, 4.69) is 5.32 Å². The Balaban J connectivity index is 2.17. The van der Waals surface area contributed by atoms with Crippen molar-refractivity contribution in [2.24, 2.45) is 0 Å². The van der Waals surface area contributed by atoms with Crippen molar-refractivity contribution in [2.75, 3.05) is 20.1 Å². The first-order chi connectivity index (χ1) is 9.09. The van der Waals surface area contributed by atoms with E-state index in [0.717, 1.165) is 30.6 Å². The van der Waals surface area contributed by atoms with Gasteiger partial charge in [0.05, 0.1) is 6.42 Å². The van der Waals surface area contributed by atoms with Crippen molar-refractivity contribution in [3.63, 3.8) is 0 Å². The van der Waals surface area contributed by atoms with Gasteiger partial charge in [0.1, 0.15) is 0 Å². The standard InChI is InChI=1S/C14H18N2O3/c1-16(8-6-13(17)18)14(19)12-4-2-3-10-9-15-7-5-11(10)12/h2-4,15H,5-9H2,1H3,(H,17,18). The second-order valence-corrected chi connectivity index (χ2v) is 4.74. The van der Waals surface area contributed by atoms with Crippen LogP contribution in [0.15, 0.2) is 18.2 Å². The molecule has 0 bridgehead atoms. The first kappa shape index (κ1) is 13.5. The third kappa shape index (κ3) is 3.12. The van der Waals surface area contributed by atoms with Crippen LogP contribution in [0, 0.1) is 0 Å². The fourth-order valence-corrected chi connectivity index (χ4v) is 2.30. The van der Waals surface area contributed by atoms with Gasteiger partial charge in [-0.1, -0.05) is 12.1 Å². The molecule has 0 radical (unpaired) electrons. The monoisotopic (exact) mass is 262 g/mol. The highest BCUT2D eigenvalue weighted by molar-refractivity contribution is 5.96. The molecule has 0 unspecified atom stereocenters. The molecule has 1 aliphatic rings. The molecule has 0 aliphatic carbocycles. The zero-order chi connectivity index (χ0) is 13.8. The summed E-state index contributed by atoms with van der Waals surface area (Å²) in [7, 11) is 1.64. The third-order valence-electron chi connectivity index (χ3n) is 3.38. The SMILES string of the molecule is CN(CCC(=O)O)C(=O)c1cccc2c1CCNC2. The Labute approximate surface area is 112 Å². The predicted octanol–water partition coefficient (Wildman–Crippen LogP) is 0.879. The Kier molecular flexibility index (Phi) is 4.16. The summed E-state index contributed by atoms with van der Waals surface area (Å²) in [4.78, 5) is 24.4. The second-order valence-electron chi connectivity index (χ2n) is 4.74. The van der Waals surface area contributed by atoms with Crippen LogP contribution >= 0.6 is 0 Å². The highest BCUT2D eigenvalue weighted by atomic mass is 16.4. The van der Waals surface area contributed by atoms with Gasteiger partial charge in [-0.2, -0.15) is 0 Å². The maximum absolute atomic E-state index is 12.3. The molecule has 0 saturated heterocycles. The molecular formula is C14H18N2O3. The summed E-state index contributed by atoms with van der Waals surface area (Å²) in [6.07, 6.45) is 0.808. The molecule has 0 atom stereocenters. The molecule has 2 rings (SSSR count). The number of nitrogens with one attached hydrogen (secondary N) is 1. The van der Waals surface area contributed by atoms with Gasteiger partial charge in [0.25, 0.3) is 5.91 Å². The van der Waals surface area contributed by atoms with E-state index in [9.17, 15) is 9.59 Å². The van der Waals surface area contributed by atoms with Crippen LogP contribution in [0.25, 0.3) is 0 Å². The van der Waals surface area contributed by atoms with Crippen molar-refractivity contribution in [1.29, 1.82) is 0 Å². The molecule has 5 heteroatoms. The van der Waals surface area contributed by atoms with Gasteiger partial charge in [0.2, 0.25) is 0 Å². The first-order valence-electron chi connectivity index (χ1n) is 6.38. The molecule has 0 saturated carbocycles. The number of amides is 1. The highest BCUT2D eigenvalue weighted by Gasteiger charge is 2.20. The van der Waals surface area contributed by atoms with E-state index in [1.807, 2.05) is 18.2 Å². The van der Waals surface area contributed by atoms with Crippen molar-refractivity contribution in [3.8, 4) is 0 Å². The lowest BCUT2D eigenvalue weighted by Gasteiger charge is -2.23. The molecular weight excluding hydrogens is 244 g/mol. The van der Waals surface area contributed by atoms with Crippen LogP contribution < -0.4 is 5.32 Å². The molecule has 0 spiro atoms. The van der Waals surface area contributed by atoms with Crippen LogP contribution in [-0.2, 0) is 17.8 Å². The van der Waals surface area contributed by atoms with Gasteiger partial charge < -0.3 is 15.3 Å². The average Bonchev–Trinajstić information content (AvgIpc) is 2.43. The molecule has 0 fully saturated rings. The molecule has 5 nitrogen and oxygen atoms in total. The minimum absolute atomic E-state index is 0.0289. The lowest BCUT2D eigenvalue weighted by atomic mass is 9.95. The molecule has 1 aromatic rings. The number of carboxylic acids is 1. The number of carbonyl (C=O) groups excluding carboxylic acids is 1. The molecule has 19 heavy (non-hydrogen) atoms. The Morgan fingerprint density at radius 2 is 2.21 bits per heavy atom. The number of hydrogen-bond donors (Lipinski definition) is 2. The number of carboxylic acid groups (broad SMARTS) is 1. The fraction of sp³-hybridized carbons (Fsp3) is 0.429. The Hall–Kier alpha value is -1.88. The topological polar surface area (TPSA) is 69.6 Å². The summed E-state index contributed by atoms with van der Waals surface area (Å²) in [5.41, 5.74) is 2.95. The van der Waals surface area contributed by atoms with Gasteiger partial charge in [-0.05, 0) is 30.2 Å². The quantitative estimate of drug-likeness (QED) is 0.845. The van der Waals surface area contributed by atoms with Gasteiger partial charge in [0.15, 0.2) is 0 Å². The smallest absolute Gasteiger partial charge is 0.305 e. The van der Waals surface area contributed by atoms with Gasteiger partial charge >= 0.3 is 5.97 Å². The molecule has 1 aliphatic heterocycles. The maximum atomic E-state index is 12.3. The van der Waals surface area contributed by atoms with Crippen LogP contribution in [0.4, 0.5) is 0 Å². The normalized spacial score (nSPS) is 13.7. The fourth-order valence-electron chi connectivity index (χ4n) is 2.30. The lowest BCUT2D eigenvalue weighted by molar-refractivity contribution is -0.137. The average molecular weight is 262 g/mol. The summed E-state index contributed by atoms with van der Waals surface area (Å²) in [6.45, 7) is 1.89. The summed E-state index contributed by atoms with van der Waals surface area (Å²) >= 11 is 0. The number of fused-ring (bicyclic) bond motifs is 1. The molecule has 1 heterocycles. The summed E-state index contributed by atoms with van der Waals surface area (Å²) in [5, 5.41) is 11.9. The zero-order valence-corrected chi connectivity index (χ0v) is 11.0. The van der Waals surface area contributed by atoms with Crippen molar-refractivity contribution >= 4 is 11.9 Å². The van der Waals surface area contributed by atoms with Crippen molar-refractivity contribution in [2.45, 2.75) is 19.4 Å². The number of carbonyl (C=O) groups is 2. The van der Waals surface area contributed by atoms with E-state index >= 15 is 0 Å². The number of aliphatic carboxylic acids is 1. The first-order valence-corrected chi connectivity index (χ1v) is 6.38. The van der Waals surface area contributed by atoms with Crippen LogP contribution in [-0.4, -0.2) is 42.0 Å². The number of nitrogens with zero attached hydrogens (tertiary/aromatic N) is 1. The summed E-state index contributed by atoms with van der Waals surface area (Å²) in [6, 6.07) is 5.73. The molecule has 1 aromatic carbocycles. The van der Waals surface area contributed by atoms with E-state index in [1.54, 1.807) is 7.05 Å². The zero-order valence-electron chi connectivity index (χ0n) is 11.0. The number of hydrogen-bond acceptors (Lipinski definition) is 3. The van der Waals surface area contributed by atoms with E-state index in [4.69, 9.17) is 5.11 Å². The summed E-state index contributed by atoms with van der Waals surface area (Å²) in [5.74, 6) is -0.987. The Morgan fingerprint density at radius 3 is 2.95 bits per heavy atom. The van der Waals surface area contributed by atoms with Crippen LogP contribution in [0.3, 0.4) is 0 Å². The molecule has 1 amide bonds. The van der Waals surface area contributed by atoms with E-state index in [0.29, 0.717) is 5.56 Å². The molecule has 2 N–H and O–H groups in total. The number of benzene rings is 1. The van der Waals surface area contributed by atoms with Crippen LogP contribution in [0.5, 0.6) is 0 Å². The largest absolute Gasteiger partial charge is 0.481 e. The summed E-state index contributed by atoms with van der Waals surface area (Å²) < 4.78 is 0. The van der Waals surface area contributed by atoms with E-state index in [1.165, 1.54) is 4.90 Å². The van der Waals surface area contributed by atoms with E-state index < -0.39 is 5.97 Å². The van der Waals surface area contributed by atoms with Crippen LogP contribution in [0.1, 0.15) is 27.9 Å². The Morgan fingerprint density at radius 1 is 1.42 bits per heavy atom. The van der Waals surface area contributed by atoms with Gasteiger partial charge in [0, 0.05) is 25.7 Å². The molecule has 0 aromatic heterocycles. The second kappa shape index (κ2) is 5.84. The number of rotatable bonds is 4. The predicted molar refractivity (Wildman–Crippen MR) is 71.1 cm³/mol. The highest BCUT2D eigenvalue weighted by Crippen LogP contribution is 2.19. The Bertz CT molecular complexity index is 499. The van der Waals surface area contributed by atoms with Gasteiger partial charge in [-0.25, -0.2) is 0 Å². The minimum Gasteiger partial charge on any atom is -0.481 e. The minimum atomic E-state index is -0.890. The van der Waals surface area contributed by atoms with Crippen LogP contribution in [0.2, 0.25) is 0 Å². The van der Waals surface area contributed by atoms with Crippen molar-refractivity contribution < 1.29 is 14.7 Å². The lowest BCUT2D eigenvalue weighted by Crippen LogP contribution is -2.32. The maximum Gasteiger partial charge on any atom is 0.305 e. The van der Waals surface area contributed by atoms with Crippen molar-refractivity contribution in [1.82, 2.24) is 10.2 Å². The van der Waals surface area contributed by atoms with Gasteiger partial charge in [-0.15, -0.1) is 0 Å². The van der Waals surface area contributed by atoms with E-state index in [-0.39, 0.29) is 18.9 Å².